The van der Waals surface area contributed by atoms with E-state index in [-0.39, 0.29) is 11.8 Å². The van der Waals surface area contributed by atoms with Gasteiger partial charge in [0.25, 0.3) is 0 Å². The van der Waals surface area contributed by atoms with E-state index in [9.17, 15) is 4.79 Å². The summed E-state index contributed by atoms with van der Waals surface area (Å²) < 4.78 is 0. The van der Waals surface area contributed by atoms with Crippen LogP contribution in [0.15, 0.2) is 42.5 Å². The van der Waals surface area contributed by atoms with Gasteiger partial charge in [-0.2, -0.15) is 0 Å². The molecule has 2 aliphatic rings. The lowest BCUT2D eigenvalue weighted by atomic mass is 9.96. The highest BCUT2D eigenvalue weighted by Crippen LogP contribution is 2.24. The second-order valence-electron chi connectivity index (χ2n) is 7.42. The molecular weight excluding hydrogens is 324 g/mol. The molecule has 1 amide bonds. The van der Waals surface area contributed by atoms with Gasteiger partial charge in [0.05, 0.1) is 11.6 Å². The van der Waals surface area contributed by atoms with Gasteiger partial charge in [-0.1, -0.05) is 43.2 Å². The van der Waals surface area contributed by atoms with Gasteiger partial charge in [0, 0.05) is 24.7 Å². The highest BCUT2D eigenvalue weighted by atomic mass is 16.2. The van der Waals surface area contributed by atoms with E-state index < -0.39 is 0 Å². The number of piperidine rings is 1. The Kier molecular flexibility index (Phi) is 5.14. The minimum Gasteiger partial charge on any atom is -0.354 e. The topological polar surface area (TPSA) is 58.1 Å². The van der Waals surface area contributed by atoms with Crippen LogP contribution in [0.1, 0.15) is 38.5 Å². The molecule has 5 heteroatoms. The van der Waals surface area contributed by atoms with E-state index in [0.717, 1.165) is 55.8 Å². The van der Waals surface area contributed by atoms with E-state index in [2.05, 4.69) is 20.4 Å². The number of nitrogens with one attached hydrogen (secondary N) is 1. The Bertz CT molecular complexity index is 725. The first-order chi connectivity index (χ1) is 12.8. The summed E-state index contributed by atoms with van der Waals surface area (Å²) in [6, 6.07) is 14.5. The Labute approximate surface area is 154 Å². The van der Waals surface area contributed by atoms with Crippen LogP contribution >= 0.6 is 0 Å². The fourth-order valence-electron chi connectivity index (χ4n) is 4.05. The Morgan fingerprint density at radius 2 is 1.77 bits per heavy atom. The summed E-state index contributed by atoms with van der Waals surface area (Å²) in [4.78, 5) is 14.8. The summed E-state index contributed by atoms with van der Waals surface area (Å²) in [7, 11) is 0. The SMILES string of the molecule is O=C(NC1CCCC1)[C@@H]1CCCN(c2ccc(-c3ccccc3)nn2)C1. The van der Waals surface area contributed by atoms with Crippen molar-refractivity contribution in [2.24, 2.45) is 5.92 Å². The standard InChI is InChI=1S/C21H26N4O/c26-21(22-18-10-4-5-11-18)17-9-6-14-25(15-17)20-13-12-19(23-24-20)16-7-2-1-3-8-16/h1-3,7-8,12-13,17-18H,4-6,9-11,14-15H2,(H,22,26)/t17-/m1/s1. The molecule has 136 valence electrons. The Morgan fingerprint density at radius 1 is 0.962 bits per heavy atom. The lowest BCUT2D eigenvalue weighted by molar-refractivity contribution is -0.125. The van der Waals surface area contributed by atoms with Crippen molar-refractivity contribution in [1.29, 1.82) is 0 Å². The van der Waals surface area contributed by atoms with Gasteiger partial charge < -0.3 is 10.2 Å². The third-order valence-corrected chi connectivity index (χ3v) is 5.54. The third-order valence-electron chi connectivity index (χ3n) is 5.54. The van der Waals surface area contributed by atoms with Crippen molar-refractivity contribution in [3.63, 3.8) is 0 Å². The van der Waals surface area contributed by atoms with Gasteiger partial charge >= 0.3 is 0 Å². The van der Waals surface area contributed by atoms with Crippen LogP contribution in [-0.4, -0.2) is 35.2 Å². The molecule has 1 aromatic heterocycles. The Morgan fingerprint density at radius 3 is 2.50 bits per heavy atom. The summed E-state index contributed by atoms with van der Waals surface area (Å²) in [5, 5.41) is 12.1. The molecule has 1 saturated carbocycles. The summed E-state index contributed by atoms with van der Waals surface area (Å²) in [6.07, 6.45) is 6.73. The smallest absolute Gasteiger partial charge is 0.225 e. The number of anilines is 1. The second-order valence-corrected chi connectivity index (χ2v) is 7.42. The molecule has 2 heterocycles. The Balaban J connectivity index is 1.40. The van der Waals surface area contributed by atoms with Gasteiger partial charge in [-0.3, -0.25) is 4.79 Å². The van der Waals surface area contributed by atoms with Crippen LogP contribution in [0, 0.1) is 5.92 Å². The van der Waals surface area contributed by atoms with Gasteiger partial charge in [-0.05, 0) is 37.8 Å². The number of aromatic nitrogens is 2. The molecule has 26 heavy (non-hydrogen) atoms. The van der Waals surface area contributed by atoms with Crippen LogP contribution in [0.25, 0.3) is 11.3 Å². The zero-order valence-electron chi connectivity index (χ0n) is 15.1. The number of amides is 1. The van der Waals surface area contributed by atoms with Crippen LogP contribution in [0.5, 0.6) is 0 Å². The first-order valence-corrected chi connectivity index (χ1v) is 9.74. The van der Waals surface area contributed by atoms with E-state index in [1.807, 2.05) is 42.5 Å². The van der Waals surface area contributed by atoms with Crippen LogP contribution in [0.4, 0.5) is 5.82 Å². The molecule has 1 aliphatic heterocycles. The zero-order valence-corrected chi connectivity index (χ0v) is 15.1. The Hall–Kier alpha value is -2.43. The van der Waals surface area contributed by atoms with E-state index in [4.69, 9.17) is 0 Å². The first-order valence-electron chi connectivity index (χ1n) is 9.74. The van der Waals surface area contributed by atoms with E-state index in [0.29, 0.717) is 6.04 Å². The molecule has 1 saturated heterocycles. The molecule has 0 spiro atoms. The summed E-state index contributed by atoms with van der Waals surface area (Å²) in [5.41, 5.74) is 1.95. The fourth-order valence-corrected chi connectivity index (χ4v) is 4.05. The quantitative estimate of drug-likeness (QED) is 0.918. The van der Waals surface area contributed by atoms with Gasteiger partial charge in [0.2, 0.25) is 5.91 Å². The molecule has 0 radical (unpaired) electrons. The van der Waals surface area contributed by atoms with Crippen molar-refractivity contribution in [2.75, 3.05) is 18.0 Å². The largest absolute Gasteiger partial charge is 0.354 e. The number of rotatable bonds is 4. The van der Waals surface area contributed by atoms with Gasteiger partial charge in [0.1, 0.15) is 0 Å². The average Bonchev–Trinajstić information content (AvgIpc) is 3.22. The average molecular weight is 350 g/mol. The predicted octanol–water partition coefficient (Wildman–Crippen LogP) is 3.42. The predicted molar refractivity (Wildman–Crippen MR) is 103 cm³/mol. The van der Waals surface area contributed by atoms with E-state index in [1.54, 1.807) is 0 Å². The van der Waals surface area contributed by atoms with Crippen molar-refractivity contribution in [3.8, 4) is 11.3 Å². The highest BCUT2D eigenvalue weighted by molar-refractivity contribution is 5.80. The molecule has 4 rings (SSSR count). The molecule has 2 fully saturated rings. The summed E-state index contributed by atoms with van der Waals surface area (Å²) >= 11 is 0. The maximum atomic E-state index is 12.6. The van der Waals surface area contributed by atoms with E-state index in [1.165, 1.54) is 12.8 Å². The van der Waals surface area contributed by atoms with Crippen LogP contribution in [-0.2, 0) is 4.79 Å². The first kappa shape index (κ1) is 17.0. The number of carbonyl (C=O) groups excluding carboxylic acids is 1. The van der Waals surface area contributed by atoms with Crippen molar-refractivity contribution < 1.29 is 4.79 Å². The van der Waals surface area contributed by atoms with Crippen molar-refractivity contribution in [1.82, 2.24) is 15.5 Å². The third kappa shape index (κ3) is 3.87. The zero-order chi connectivity index (χ0) is 17.8. The van der Waals surface area contributed by atoms with Gasteiger partial charge in [-0.25, -0.2) is 0 Å². The highest BCUT2D eigenvalue weighted by Gasteiger charge is 2.28. The maximum Gasteiger partial charge on any atom is 0.225 e. The number of hydrogen-bond donors (Lipinski definition) is 1. The number of carbonyl (C=O) groups is 1. The van der Waals surface area contributed by atoms with Crippen LogP contribution < -0.4 is 10.2 Å². The molecule has 1 aromatic carbocycles. The second kappa shape index (κ2) is 7.85. The summed E-state index contributed by atoms with van der Waals surface area (Å²) in [5.74, 6) is 1.14. The van der Waals surface area contributed by atoms with Gasteiger partial charge in [0.15, 0.2) is 5.82 Å². The fraction of sp³-hybridized carbons (Fsp3) is 0.476. The molecule has 1 atom stereocenters. The van der Waals surface area contributed by atoms with Crippen LogP contribution in [0.3, 0.4) is 0 Å². The van der Waals surface area contributed by atoms with Crippen molar-refractivity contribution in [2.45, 2.75) is 44.6 Å². The van der Waals surface area contributed by atoms with E-state index >= 15 is 0 Å². The monoisotopic (exact) mass is 350 g/mol. The number of benzene rings is 1. The molecular formula is C21H26N4O. The minimum absolute atomic E-state index is 0.0555. The molecule has 1 N–H and O–H groups in total. The maximum absolute atomic E-state index is 12.6. The summed E-state index contributed by atoms with van der Waals surface area (Å²) in [6.45, 7) is 1.67. The minimum atomic E-state index is 0.0555. The lowest BCUT2D eigenvalue weighted by Gasteiger charge is -2.33. The molecule has 2 aromatic rings. The molecule has 0 unspecified atom stereocenters. The number of nitrogens with zero attached hydrogens (tertiary/aromatic N) is 3. The molecule has 5 nitrogen and oxygen atoms in total. The molecule has 1 aliphatic carbocycles. The lowest BCUT2D eigenvalue weighted by Crippen LogP contribution is -2.45. The molecule has 0 bridgehead atoms. The normalized spacial score (nSPS) is 20.9. The van der Waals surface area contributed by atoms with Crippen molar-refractivity contribution >= 4 is 11.7 Å². The van der Waals surface area contributed by atoms with Crippen LogP contribution in [0.2, 0.25) is 0 Å². The number of hydrogen-bond acceptors (Lipinski definition) is 4. The van der Waals surface area contributed by atoms with Gasteiger partial charge in [-0.15, -0.1) is 10.2 Å². The van der Waals surface area contributed by atoms with Crippen molar-refractivity contribution in [3.05, 3.63) is 42.5 Å².